The molecule has 9 heteroatoms. The third kappa shape index (κ3) is 2.73. The molecule has 0 saturated heterocycles. The fraction of sp³-hybridized carbons (Fsp3) is 0.235. The second kappa shape index (κ2) is 6.10. The van der Waals surface area contributed by atoms with Gasteiger partial charge in [0.2, 0.25) is 11.9 Å². The zero-order valence-corrected chi connectivity index (χ0v) is 14.2. The van der Waals surface area contributed by atoms with E-state index in [9.17, 15) is 9.59 Å². The van der Waals surface area contributed by atoms with Gasteiger partial charge in [-0.3, -0.25) is 20.2 Å². The van der Waals surface area contributed by atoms with Crippen molar-refractivity contribution in [1.82, 2.24) is 25.4 Å². The fourth-order valence-corrected chi connectivity index (χ4v) is 2.74. The van der Waals surface area contributed by atoms with Gasteiger partial charge in [0.25, 0.3) is 5.91 Å². The van der Waals surface area contributed by atoms with E-state index in [4.69, 9.17) is 4.42 Å². The van der Waals surface area contributed by atoms with Crippen LogP contribution in [0.15, 0.2) is 40.1 Å². The van der Waals surface area contributed by atoms with Gasteiger partial charge in [0.1, 0.15) is 12.2 Å². The van der Waals surface area contributed by atoms with Crippen LogP contribution in [0.25, 0.3) is 22.5 Å². The maximum absolute atomic E-state index is 12.8. The predicted molar refractivity (Wildman–Crippen MR) is 93.5 cm³/mol. The second-order valence-corrected chi connectivity index (χ2v) is 6.12. The van der Waals surface area contributed by atoms with Crippen molar-refractivity contribution in [2.24, 2.45) is 4.99 Å². The molecule has 1 aliphatic heterocycles. The average molecular weight is 352 g/mol. The summed E-state index contributed by atoms with van der Waals surface area (Å²) in [5.41, 5.74) is 1.47. The van der Waals surface area contributed by atoms with Crippen LogP contribution in [0.5, 0.6) is 0 Å². The molecule has 0 saturated carbocycles. The standard InChI is InChI=1S/C17H16N6O3/c1-9(2)23-15-11(7-19-23)10(6-12(20-15)13-4-3-5-26-13)16(25)22-17-18-8-14(24)21-17/h3-7,9H,8H2,1-2H3,(H2,18,21,22,24,25). The van der Waals surface area contributed by atoms with E-state index in [1.165, 1.54) is 0 Å². The molecule has 3 aromatic heterocycles. The van der Waals surface area contributed by atoms with Gasteiger partial charge >= 0.3 is 0 Å². The number of aliphatic imine (C=N–C) groups is 1. The van der Waals surface area contributed by atoms with E-state index >= 15 is 0 Å². The molecule has 1 aliphatic rings. The van der Waals surface area contributed by atoms with E-state index in [1.807, 2.05) is 13.8 Å². The lowest BCUT2D eigenvalue weighted by atomic mass is 10.1. The van der Waals surface area contributed by atoms with Crippen LogP contribution in [0.2, 0.25) is 0 Å². The lowest BCUT2D eigenvalue weighted by molar-refractivity contribution is -0.117. The number of fused-ring (bicyclic) bond motifs is 1. The summed E-state index contributed by atoms with van der Waals surface area (Å²) in [6.45, 7) is 3.97. The number of guanidine groups is 1. The predicted octanol–water partition coefficient (Wildman–Crippen LogP) is 1.49. The van der Waals surface area contributed by atoms with Gasteiger partial charge in [-0.25, -0.2) is 14.7 Å². The summed E-state index contributed by atoms with van der Waals surface area (Å²) >= 11 is 0. The molecule has 0 aliphatic carbocycles. The van der Waals surface area contributed by atoms with Crippen LogP contribution in [0.3, 0.4) is 0 Å². The Morgan fingerprint density at radius 3 is 2.92 bits per heavy atom. The van der Waals surface area contributed by atoms with Crippen LogP contribution in [-0.4, -0.2) is 39.1 Å². The Morgan fingerprint density at radius 2 is 2.27 bits per heavy atom. The first-order valence-corrected chi connectivity index (χ1v) is 8.10. The van der Waals surface area contributed by atoms with Crippen LogP contribution in [0.1, 0.15) is 30.2 Å². The quantitative estimate of drug-likeness (QED) is 0.741. The number of carbonyl (C=O) groups is 2. The highest BCUT2D eigenvalue weighted by Gasteiger charge is 2.22. The smallest absolute Gasteiger partial charge is 0.258 e. The maximum Gasteiger partial charge on any atom is 0.258 e. The minimum Gasteiger partial charge on any atom is -0.463 e. The van der Waals surface area contributed by atoms with Gasteiger partial charge in [-0.1, -0.05) is 0 Å². The first kappa shape index (κ1) is 16.0. The monoisotopic (exact) mass is 352 g/mol. The number of rotatable bonds is 3. The highest BCUT2D eigenvalue weighted by atomic mass is 16.3. The van der Waals surface area contributed by atoms with Gasteiger partial charge in [0.05, 0.1) is 23.4 Å². The van der Waals surface area contributed by atoms with E-state index in [1.54, 1.807) is 35.3 Å². The van der Waals surface area contributed by atoms with Crippen molar-refractivity contribution in [2.75, 3.05) is 6.54 Å². The number of amides is 2. The molecule has 4 rings (SSSR count). The van der Waals surface area contributed by atoms with Crippen molar-refractivity contribution in [3.05, 3.63) is 36.2 Å². The molecule has 9 nitrogen and oxygen atoms in total. The van der Waals surface area contributed by atoms with Crippen molar-refractivity contribution in [3.8, 4) is 11.5 Å². The van der Waals surface area contributed by atoms with Gasteiger partial charge in [-0.05, 0) is 32.0 Å². The van der Waals surface area contributed by atoms with Gasteiger partial charge < -0.3 is 4.42 Å². The number of nitrogens with one attached hydrogen (secondary N) is 2. The van der Waals surface area contributed by atoms with Crippen LogP contribution in [-0.2, 0) is 4.79 Å². The van der Waals surface area contributed by atoms with E-state index in [0.29, 0.717) is 28.1 Å². The molecular weight excluding hydrogens is 336 g/mol. The molecule has 0 bridgehead atoms. The Bertz CT molecular complexity index is 1030. The summed E-state index contributed by atoms with van der Waals surface area (Å²) in [5, 5.41) is 10.1. The van der Waals surface area contributed by atoms with Crippen LogP contribution in [0, 0.1) is 0 Å². The molecule has 2 amide bonds. The van der Waals surface area contributed by atoms with Crippen LogP contribution >= 0.6 is 0 Å². The van der Waals surface area contributed by atoms with Crippen molar-refractivity contribution in [1.29, 1.82) is 0 Å². The van der Waals surface area contributed by atoms with E-state index < -0.39 is 5.91 Å². The number of furan rings is 1. The Morgan fingerprint density at radius 1 is 1.42 bits per heavy atom. The third-order valence-electron chi connectivity index (χ3n) is 3.94. The summed E-state index contributed by atoms with van der Waals surface area (Å²) in [4.78, 5) is 32.6. The van der Waals surface area contributed by atoms with Crippen molar-refractivity contribution in [3.63, 3.8) is 0 Å². The molecule has 0 spiro atoms. The first-order valence-electron chi connectivity index (χ1n) is 8.10. The molecule has 4 heterocycles. The Kier molecular flexibility index (Phi) is 3.76. The second-order valence-electron chi connectivity index (χ2n) is 6.12. The molecule has 2 N–H and O–H groups in total. The molecule has 26 heavy (non-hydrogen) atoms. The topological polar surface area (TPSA) is 114 Å². The largest absolute Gasteiger partial charge is 0.463 e. The van der Waals surface area contributed by atoms with E-state index in [0.717, 1.165) is 0 Å². The number of hydrogen-bond acceptors (Lipinski definition) is 6. The number of carbonyl (C=O) groups excluding carboxylic acids is 2. The molecule has 3 aromatic rings. The molecule has 132 valence electrons. The number of hydrogen-bond donors (Lipinski definition) is 2. The summed E-state index contributed by atoms with van der Waals surface area (Å²) in [6, 6.07) is 5.23. The van der Waals surface area contributed by atoms with Gasteiger partial charge in [-0.15, -0.1) is 0 Å². The van der Waals surface area contributed by atoms with Crippen molar-refractivity contribution in [2.45, 2.75) is 19.9 Å². The van der Waals surface area contributed by atoms with E-state index in [-0.39, 0.29) is 24.5 Å². The van der Waals surface area contributed by atoms with Crippen molar-refractivity contribution >= 4 is 28.8 Å². The number of nitrogens with zero attached hydrogens (tertiary/aromatic N) is 4. The molecule has 0 unspecified atom stereocenters. The molecule has 0 atom stereocenters. The van der Waals surface area contributed by atoms with Crippen molar-refractivity contribution < 1.29 is 14.0 Å². The van der Waals surface area contributed by atoms with Crippen LogP contribution < -0.4 is 10.6 Å². The van der Waals surface area contributed by atoms with Gasteiger partial charge in [0, 0.05) is 6.04 Å². The van der Waals surface area contributed by atoms with Gasteiger partial charge in [0.15, 0.2) is 11.4 Å². The lowest BCUT2D eigenvalue weighted by Crippen LogP contribution is -2.40. The average Bonchev–Trinajstić information content (AvgIpc) is 3.33. The first-order chi connectivity index (χ1) is 12.5. The molecule has 0 aromatic carbocycles. The van der Waals surface area contributed by atoms with E-state index in [2.05, 4.69) is 25.7 Å². The van der Waals surface area contributed by atoms with Gasteiger partial charge in [-0.2, -0.15) is 5.10 Å². The maximum atomic E-state index is 12.8. The minimum absolute atomic E-state index is 0.00426. The zero-order chi connectivity index (χ0) is 18.3. The molecule has 0 fully saturated rings. The molecule has 0 radical (unpaired) electrons. The SMILES string of the molecule is CC(C)n1ncc2c(C(=O)NC3=NCC(=O)N3)cc(-c3ccco3)nc21. The summed E-state index contributed by atoms with van der Waals surface area (Å²) in [7, 11) is 0. The highest BCUT2D eigenvalue weighted by molar-refractivity contribution is 6.16. The minimum atomic E-state index is -0.408. The fourth-order valence-electron chi connectivity index (χ4n) is 2.74. The Labute approximate surface area is 148 Å². The number of pyridine rings is 1. The summed E-state index contributed by atoms with van der Waals surface area (Å²) < 4.78 is 7.17. The number of aromatic nitrogens is 3. The summed E-state index contributed by atoms with van der Waals surface area (Å²) in [5.74, 6) is 0.0169. The highest BCUT2D eigenvalue weighted by Crippen LogP contribution is 2.26. The Hall–Kier alpha value is -3.49. The Balaban J connectivity index is 1.82. The normalized spacial score (nSPS) is 14.0. The summed E-state index contributed by atoms with van der Waals surface area (Å²) in [6.07, 6.45) is 3.15. The van der Waals surface area contributed by atoms with Crippen LogP contribution in [0.4, 0.5) is 0 Å². The lowest BCUT2D eigenvalue weighted by Gasteiger charge is -2.10. The zero-order valence-electron chi connectivity index (χ0n) is 14.2. The molecular formula is C17H16N6O3. The third-order valence-corrected chi connectivity index (χ3v) is 3.94.